The molecule has 34 heavy (non-hydrogen) atoms. The largest absolute Gasteiger partial charge is 0.297 e. The standard InChI is InChI=1S/C33H30O/c1-3-25-32(27-17-9-5-10-18-27,28-19-11-6-12-20-28)31(34)33(26-4-2,29-21-13-7-14-22-29)30-23-15-8-16-24-30/h3-24H,1-2,25-26H2. The molecule has 168 valence electrons. The van der Waals surface area contributed by atoms with Crippen LogP contribution in [0.2, 0.25) is 0 Å². The van der Waals surface area contributed by atoms with E-state index in [-0.39, 0.29) is 5.78 Å². The molecule has 1 heteroatoms. The molecule has 0 aliphatic heterocycles. The first-order valence-electron chi connectivity index (χ1n) is 11.7. The third-order valence-electron chi connectivity index (χ3n) is 6.74. The zero-order chi connectivity index (χ0) is 23.9. The van der Waals surface area contributed by atoms with Crippen LogP contribution in [0.25, 0.3) is 0 Å². The maximum absolute atomic E-state index is 15.4. The van der Waals surface area contributed by atoms with Crippen molar-refractivity contribution in [1.29, 1.82) is 0 Å². The van der Waals surface area contributed by atoms with Crippen LogP contribution in [-0.4, -0.2) is 5.78 Å². The van der Waals surface area contributed by atoms with Crippen molar-refractivity contribution < 1.29 is 4.79 Å². The van der Waals surface area contributed by atoms with Crippen molar-refractivity contribution in [3.8, 4) is 0 Å². The number of ketones is 1. The fraction of sp³-hybridized carbons (Fsp3) is 0.121. The van der Waals surface area contributed by atoms with E-state index >= 15 is 4.79 Å². The van der Waals surface area contributed by atoms with E-state index in [0.717, 1.165) is 22.3 Å². The maximum atomic E-state index is 15.4. The fourth-order valence-electron chi connectivity index (χ4n) is 5.20. The van der Waals surface area contributed by atoms with Gasteiger partial charge in [0.05, 0.1) is 10.8 Å². The van der Waals surface area contributed by atoms with Gasteiger partial charge in [0.2, 0.25) is 0 Å². The number of allylic oxidation sites excluding steroid dienone is 2. The van der Waals surface area contributed by atoms with Gasteiger partial charge in [-0.25, -0.2) is 0 Å². The summed E-state index contributed by atoms with van der Waals surface area (Å²) in [5, 5.41) is 0. The number of hydrogen-bond donors (Lipinski definition) is 0. The molecule has 4 aromatic rings. The lowest BCUT2D eigenvalue weighted by Gasteiger charge is -2.43. The van der Waals surface area contributed by atoms with Crippen molar-refractivity contribution in [1.82, 2.24) is 0 Å². The van der Waals surface area contributed by atoms with Crippen LogP contribution in [0.4, 0.5) is 0 Å². The average molecular weight is 443 g/mol. The Morgan fingerprint density at radius 1 is 0.500 bits per heavy atom. The van der Waals surface area contributed by atoms with Gasteiger partial charge in [0.1, 0.15) is 0 Å². The highest BCUT2D eigenvalue weighted by atomic mass is 16.1. The van der Waals surface area contributed by atoms with Gasteiger partial charge in [-0.2, -0.15) is 0 Å². The molecule has 1 nitrogen and oxygen atoms in total. The third-order valence-corrected chi connectivity index (χ3v) is 6.74. The van der Waals surface area contributed by atoms with Gasteiger partial charge in [0.15, 0.2) is 5.78 Å². The van der Waals surface area contributed by atoms with Crippen molar-refractivity contribution in [2.45, 2.75) is 23.7 Å². The molecule has 0 amide bonds. The smallest absolute Gasteiger partial charge is 0.163 e. The number of Topliss-reactive ketones (excluding diaryl/α,β-unsaturated/α-hetero) is 1. The molecule has 0 N–H and O–H groups in total. The molecule has 0 saturated carbocycles. The van der Waals surface area contributed by atoms with Crippen LogP contribution in [0.3, 0.4) is 0 Å². The van der Waals surface area contributed by atoms with Crippen LogP contribution >= 0.6 is 0 Å². The summed E-state index contributed by atoms with van der Waals surface area (Å²) < 4.78 is 0. The van der Waals surface area contributed by atoms with Gasteiger partial charge in [-0.05, 0) is 35.1 Å². The second-order valence-corrected chi connectivity index (χ2v) is 8.59. The number of carbonyl (C=O) groups is 1. The van der Waals surface area contributed by atoms with Crippen LogP contribution in [-0.2, 0) is 15.6 Å². The molecule has 0 aromatic heterocycles. The summed E-state index contributed by atoms with van der Waals surface area (Å²) in [6.45, 7) is 8.16. The average Bonchev–Trinajstić information content (AvgIpc) is 2.92. The Balaban J connectivity index is 2.11. The number of hydrogen-bond acceptors (Lipinski definition) is 1. The Bertz CT molecular complexity index is 1050. The van der Waals surface area contributed by atoms with Gasteiger partial charge in [0.25, 0.3) is 0 Å². The molecule has 4 aromatic carbocycles. The summed E-state index contributed by atoms with van der Waals surface area (Å²) in [7, 11) is 0. The topological polar surface area (TPSA) is 17.1 Å². The highest BCUT2D eigenvalue weighted by Crippen LogP contribution is 2.48. The molecule has 0 bridgehead atoms. The molecule has 0 spiro atoms. The molecule has 0 radical (unpaired) electrons. The summed E-state index contributed by atoms with van der Waals surface area (Å²) in [6, 6.07) is 40.5. The van der Waals surface area contributed by atoms with Crippen LogP contribution < -0.4 is 0 Å². The summed E-state index contributed by atoms with van der Waals surface area (Å²) in [5.41, 5.74) is 2.02. The first kappa shape index (κ1) is 23.2. The van der Waals surface area contributed by atoms with Crippen LogP contribution in [0, 0.1) is 0 Å². The van der Waals surface area contributed by atoms with Crippen molar-refractivity contribution in [3.05, 3.63) is 169 Å². The van der Waals surface area contributed by atoms with Crippen molar-refractivity contribution >= 4 is 5.78 Å². The fourth-order valence-corrected chi connectivity index (χ4v) is 5.20. The van der Waals surface area contributed by atoms with Gasteiger partial charge in [0, 0.05) is 0 Å². The van der Waals surface area contributed by atoms with Crippen molar-refractivity contribution in [3.63, 3.8) is 0 Å². The zero-order valence-electron chi connectivity index (χ0n) is 19.4. The van der Waals surface area contributed by atoms with Crippen LogP contribution in [0.1, 0.15) is 35.1 Å². The second-order valence-electron chi connectivity index (χ2n) is 8.59. The Morgan fingerprint density at radius 2 is 0.735 bits per heavy atom. The highest BCUT2D eigenvalue weighted by Gasteiger charge is 2.52. The third kappa shape index (κ3) is 3.95. The minimum absolute atomic E-state index is 0.120. The van der Waals surface area contributed by atoms with E-state index in [4.69, 9.17) is 0 Å². The van der Waals surface area contributed by atoms with E-state index in [0.29, 0.717) is 12.8 Å². The Morgan fingerprint density at radius 3 is 0.941 bits per heavy atom. The highest BCUT2D eigenvalue weighted by molar-refractivity contribution is 6.04. The second kappa shape index (κ2) is 10.3. The molecule has 0 heterocycles. The van der Waals surface area contributed by atoms with Gasteiger partial charge in [-0.1, -0.05) is 133 Å². The van der Waals surface area contributed by atoms with E-state index < -0.39 is 10.8 Å². The molecule has 0 fully saturated rings. The molecular weight excluding hydrogens is 412 g/mol. The van der Waals surface area contributed by atoms with Gasteiger partial charge < -0.3 is 0 Å². The maximum Gasteiger partial charge on any atom is 0.163 e. The Kier molecular flexibility index (Phi) is 7.04. The van der Waals surface area contributed by atoms with Gasteiger partial charge in [-0.15, -0.1) is 13.2 Å². The monoisotopic (exact) mass is 442 g/mol. The lowest BCUT2D eigenvalue weighted by atomic mass is 9.57. The normalized spacial score (nSPS) is 11.5. The van der Waals surface area contributed by atoms with Gasteiger partial charge >= 0.3 is 0 Å². The molecule has 0 aliphatic rings. The Hall–Kier alpha value is -3.97. The van der Waals surface area contributed by atoms with Crippen LogP contribution in [0.5, 0.6) is 0 Å². The summed E-state index contributed by atoms with van der Waals surface area (Å²) in [5.74, 6) is 0.120. The zero-order valence-corrected chi connectivity index (χ0v) is 19.4. The molecule has 4 rings (SSSR count). The van der Waals surface area contributed by atoms with E-state index in [2.05, 4.69) is 61.7 Å². The summed E-state index contributed by atoms with van der Waals surface area (Å²) in [4.78, 5) is 15.4. The SMILES string of the molecule is C=CCC(C(=O)C(CC=C)(c1ccccc1)c1ccccc1)(c1ccccc1)c1ccccc1. The lowest BCUT2D eigenvalue weighted by molar-refractivity contribution is -0.127. The van der Waals surface area contributed by atoms with Gasteiger partial charge in [-0.3, -0.25) is 4.79 Å². The first-order chi connectivity index (χ1) is 16.7. The molecule has 0 aliphatic carbocycles. The van der Waals surface area contributed by atoms with E-state index in [1.807, 2.05) is 84.9 Å². The summed E-state index contributed by atoms with van der Waals surface area (Å²) in [6.07, 6.45) is 4.70. The number of rotatable bonds is 10. The predicted octanol–water partition coefficient (Wildman–Crippen LogP) is 7.68. The molecular formula is C33H30O. The molecule has 0 unspecified atom stereocenters. The first-order valence-corrected chi connectivity index (χ1v) is 11.7. The predicted molar refractivity (Wildman–Crippen MR) is 142 cm³/mol. The number of carbonyl (C=O) groups excluding carboxylic acids is 1. The Labute approximate surface area is 203 Å². The summed E-state index contributed by atoms with van der Waals surface area (Å²) >= 11 is 0. The lowest BCUT2D eigenvalue weighted by Crippen LogP contribution is -2.50. The van der Waals surface area contributed by atoms with Crippen molar-refractivity contribution in [2.75, 3.05) is 0 Å². The minimum Gasteiger partial charge on any atom is -0.297 e. The number of benzene rings is 4. The van der Waals surface area contributed by atoms with E-state index in [9.17, 15) is 0 Å². The van der Waals surface area contributed by atoms with E-state index in [1.54, 1.807) is 0 Å². The minimum atomic E-state index is -0.918. The quantitative estimate of drug-likeness (QED) is 0.230. The van der Waals surface area contributed by atoms with Crippen molar-refractivity contribution in [2.24, 2.45) is 0 Å². The molecule has 0 saturated heterocycles. The van der Waals surface area contributed by atoms with E-state index in [1.165, 1.54) is 0 Å². The van der Waals surface area contributed by atoms with Crippen LogP contribution in [0.15, 0.2) is 147 Å². The molecule has 0 atom stereocenters.